The first-order chi connectivity index (χ1) is 16.8. The van der Waals surface area contributed by atoms with E-state index in [1.54, 1.807) is 48.5 Å². The second-order valence-electron chi connectivity index (χ2n) is 8.08. The molecule has 2 heterocycles. The van der Waals surface area contributed by atoms with Crippen molar-refractivity contribution in [2.24, 2.45) is 0 Å². The van der Waals surface area contributed by atoms with E-state index in [2.05, 4.69) is 16.0 Å². The molecule has 11 heteroatoms. The van der Waals surface area contributed by atoms with Crippen LogP contribution in [0.25, 0.3) is 0 Å². The van der Waals surface area contributed by atoms with Crippen LogP contribution in [0.2, 0.25) is 0 Å². The first-order valence-electron chi connectivity index (χ1n) is 10.9. The van der Waals surface area contributed by atoms with Gasteiger partial charge in [0.1, 0.15) is 12.2 Å². The molecule has 10 nitrogen and oxygen atoms in total. The normalized spacial score (nSPS) is 22.6. The van der Waals surface area contributed by atoms with Crippen LogP contribution in [0.3, 0.4) is 0 Å². The second-order valence-corrected chi connectivity index (χ2v) is 8.49. The van der Waals surface area contributed by atoms with E-state index in [-0.39, 0.29) is 24.5 Å². The van der Waals surface area contributed by atoms with Crippen LogP contribution in [0.4, 0.5) is 16.2 Å². The van der Waals surface area contributed by atoms with Crippen LogP contribution in [-0.4, -0.2) is 67.6 Å². The van der Waals surface area contributed by atoms with Crippen molar-refractivity contribution in [1.29, 1.82) is 0 Å². The van der Waals surface area contributed by atoms with Crippen molar-refractivity contribution < 1.29 is 33.3 Å². The number of Topliss-reactive ketones (excluding diaryl/α,β-unsaturated/α-hetero) is 1. The van der Waals surface area contributed by atoms with E-state index in [1.165, 1.54) is 14.0 Å². The quantitative estimate of drug-likeness (QED) is 0.310. The zero-order valence-corrected chi connectivity index (χ0v) is 19.9. The van der Waals surface area contributed by atoms with Gasteiger partial charge in [0.2, 0.25) is 0 Å². The third-order valence-electron chi connectivity index (χ3n) is 5.64. The number of methoxy groups -OCH3 is 1. The summed E-state index contributed by atoms with van der Waals surface area (Å²) < 4.78 is 21.9. The number of carbonyl (C=O) groups is 3. The fourth-order valence-corrected chi connectivity index (χ4v) is 4.24. The van der Waals surface area contributed by atoms with Gasteiger partial charge in [-0.1, -0.05) is 18.2 Å². The van der Waals surface area contributed by atoms with Crippen LogP contribution in [0, 0.1) is 0 Å². The van der Waals surface area contributed by atoms with Crippen molar-refractivity contribution in [3.8, 4) is 0 Å². The van der Waals surface area contributed by atoms with Gasteiger partial charge in [-0.15, -0.1) is 0 Å². The van der Waals surface area contributed by atoms with E-state index < -0.39 is 24.3 Å². The summed E-state index contributed by atoms with van der Waals surface area (Å²) in [5, 5.41) is 9.15. The highest BCUT2D eigenvalue weighted by Gasteiger charge is 2.49. The zero-order chi connectivity index (χ0) is 24.9. The summed E-state index contributed by atoms with van der Waals surface area (Å²) in [4.78, 5) is 35.6. The summed E-state index contributed by atoms with van der Waals surface area (Å²) in [6, 6.07) is 13.1. The van der Waals surface area contributed by atoms with Gasteiger partial charge >= 0.3 is 12.1 Å². The number of rotatable bonds is 6. The molecule has 2 aromatic rings. The van der Waals surface area contributed by atoms with Gasteiger partial charge in [0.15, 0.2) is 17.0 Å². The number of nitrogens with one attached hydrogen (secondary N) is 3. The third kappa shape index (κ3) is 5.94. The van der Waals surface area contributed by atoms with Gasteiger partial charge in [-0.2, -0.15) is 0 Å². The Labute approximate surface area is 207 Å². The lowest BCUT2D eigenvalue weighted by Gasteiger charge is -2.20. The minimum absolute atomic E-state index is 0.101. The molecule has 0 radical (unpaired) electrons. The Morgan fingerprint density at radius 1 is 0.943 bits per heavy atom. The molecule has 2 saturated heterocycles. The molecule has 2 aromatic carbocycles. The van der Waals surface area contributed by atoms with Crippen molar-refractivity contribution in [3.05, 3.63) is 59.7 Å². The maximum Gasteiger partial charge on any atom is 0.412 e. The van der Waals surface area contributed by atoms with Crippen LogP contribution in [0.15, 0.2) is 48.5 Å². The molecule has 4 atom stereocenters. The maximum atomic E-state index is 12.4. The number of anilines is 2. The largest absolute Gasteiger partial charge is 0.465 e. The number of ketones is 1. The van der Waals surface area contributed by atoms with Gasteiger partial charge in [-0.3, -0.25) is 10.1 Å². The summed E-state index contributed by atoms with van der Waals surface area (Å²) in [7, 11) is 1.32. The highest BCUT2D eigenvalue weighted by atomic mass is 32.1. The van der Waals surface area contributed by atoms with Gasteiger partial charge in [0, 0.05) is 16.9 Å². The monoisotopic (exact) mass is 499 g/mol. The molecule has 3 N–H and O–H groups in total. The zero-order valence-electron chi connectivity index (χ0n) is 19.1. The molecule has 4 rings (SSSR count). The molecule has 0 aliphatic carbocycles. The van der Waals surface area contributed by atoms with Crippen LogP contribution in [0.1, 0.15) is 27.6 Å². The van der Waals surface area contributed by atoms with Crippen LogP contribution >= 0.6 is 12.2 Å². The molecule has 184 valence electrons. The number of amides is 1. The summed E-state index contributed by atoms with van der Waals surface area (Å²) in [5.74, 6) is -0.545. The van der Waals surface area contributed by atoms with E-state index in [1.807, 2.05) is 0 Å². The molecule has 2 aliphatic rings. The van der Waals surface area contributed by atoms with E-state index in [0.29, 0.717) is 34.2 Å². The molecule has 2 aliphatic heterocycles. The molecule has 2 fully saturated rings. The molecule has 1 amide bonds. The number of esters is 1. The van der Waals surface area contributed by atoms with Crippen LogP contribution < -0.4 is 16.0 Å². The molecule has 35 heavy (non-hydrogen) atoms. The van der Waals surface area contributed by atoms with Crippen molar-refractivity contribution in [3.63, 3.8) is 0 Å². The Morgan fingerprint density at radius 2 is 1.60 bits per heavy atom. The summed E-state index contributed by atoms with van der Waals surface area (Å²) in [6.07, 6.45) is -2.08. The van der Waals surface area contributed by atoms with Crippen molar-refractivity contribution in [1.82, 2.24) is 5.32 Å². The molecule has 0 aromatic heterocycles. The molecule has 0 spiro atoms. The number of fused-ring (bicyclic) bond motifs is 1. The number of benzene rings is 2. The maximum absolute atomic E-state index is 12.4. The Balaban J connectivity index is 1.29. The molecular weight excluding hydrogens is 474 g/mol. The topological polar surface area (TPSA) is 124 Å². The number of hydrogen-bond donors (Lipinski definition) is 3. The Bertz CT molecular complexity index is 1140. The number of ether oxygens (including phenoxy) is 4. The minimum atomic E-state index is -0.664. The Kier molecular flexibility index (Phi) is 7.59. The number of carbonyl (C=O) groups excluding carboxylic acids is 3. The van der Waals surface area contributed by atoms with Crippen molar-refractivity contribution in [2.75, 3.05) is 31.0 Å². The highest BCUT2D eigenvalue weighted by Crippen LogP contribution is 2.29. The Morgan fingerprint density at radius 3 is 2.31 bits per heavy atom. The lowest BCUT2D eigenvalue weighted by Crippen LogP contribution is -2.46. The second kappa shape index (κ2) is 10.8. The van der Waals surface area contributed by atoms with E-state index in [0.717, 1.165) is 0 Å². The standard InChI is InChI=1S/C24H25N3O7S/c1-13(28)14-5-3-8-17(9-14)26-24(30)34-19-12-33-20-18(11-32-21(19)20)27-23(35)25-16-7-4-6-15(10-16)22(29)31-2/h3-10,18-21H,11-12H2,1-2H3,(H,26,30)(H2,25,27,35). The summed E-state index contributed by atoms with van der Waals surface area (Å²) in [6.45, 7) is 1.94. The minimum Gasteiger partial charge on any atom is -0.465 e. The van der Waals surface area contributed by atoms with E-state index >= 15 is 0 Å². The molecular formula is C24H25N3O7S. The van der Waals surface area contributed by atoms with Gasteiger partial charge < -0.3 is 29.6 Å². The fraction of sp³-hybridized carbons (Fsp3) is 0.333. The first-order valence-corrected chi connectivity index (χ1v) is 11.3. The lowest BCUT2D eigenvalue weighted by molar-refractivity contribution is 0.00879. The van der Waals surface area contributed by atoms with Crippen LogP contribution in [-0.2, 0) is 18.9 Å². The predicted octanol–water partition coefficient (Wildman–Crippen LogP) is 2.75. The predicted molar refractivity (Wildman–Crippen MR) is 131 cm³/mol. The molecule has 4 unspecified atom stereocenters. The smallest absolute Gasteiger partial charge is 0.412 e. The van der Waals surface area contributed by atoms with E-state index in [4.69, 9.17) is 31.2 Å². The van der Waals surface area contributed by atoms with Crippen molar-refractivity contribution in [2.45, 2.75) is 31.3 Å². The molecule has 0 bridgehead atoms. The number of hydrogen-bond acceptors (Lipinski definition) is 8. The van der Waals surface area contributed by atoms with Crippen molar-refractivity contribution >= 4 is 46.6 Å². The number of thiocarbonyl (C=S) groups is 1. The SMILES string of the molecule is COC(=O)c1cccc(NC(=S)NC2COC3C(OC(=O)Nc4cccc(C(C)=O)c4)COC23)c1. The van der Waals surface area contributed by atoms with Gasteiger partial charge in [-0.05, 0) is 49.5 Å². The highest BCUT2D eigenvalue weighted by molar-refractivity contribution is 7.80. The first kappa shape index (κ1) is 24.6. The third-order valence-corrected chi connectivity index (χ3v) is 5.86. The average Bonchev–Trinajstić information content (AvgIpc) is 3.42. The van der Waals surface area contributed by atoms with E-state index in [9.17, 15) is 14.4 Å². The lowest BCUT2D eigenvalue weighted by atomic mass is 10.1. The van der Waals surface area contributed by atoms with Gasteiger partial charge in [0.25, 0.3) is 0 Å². The van der Waals surface area contributed by atoms with Gasteiger partial charge in [0.05, 0.1) is 31.9 Å². The Hall–Kier alpha value is -3.54. The average molecular weight is 500 g/mol. The molecule has 0 saturated carbocycles. The summed E-state index contributed by atoms with van der Waals surface area (Å²) >= 11 is 5.40. The van der Waals surface area contributed by atoms with Crippen LogP contribution in [0.5, 0.6) is 0 Å². The summed E-state index contributed by atoms with van der Waals surface area (Å²) in [5.41, 5.74) is 1.97. The fourth-order valence-electron chi connectivity index (χ4n) is 3.97. The van der Waals surface area contributed by atoms with Gasteiger partial charge in [-0.25, -0.2) is 9.59 Å².